The number of rotatable bonds is 5. The minimum atomic E-state index is -3.46. The Hall–Kier alpha value is -1.40. The minimum absolute atomic E-state index is 0.176. The average Bonchev–Trinajstić information content (AvgIpc) is 2.48. The Morgan fingerprint density at radius 2 is 1.77 bits per heavy atom. The summed E-state index contributed by atoms with van der Waals surface area (Å²) in [6, 6.07) is 6.31. The topological polar surface area (TPSA) is 66.5 Å². The maximum Gasteiger partial charge on any atom is 0.242 e. The number of hydrogen-bond acceptors (Lipinski definition) is 3. The Morgan fingerprint density at radius 3 is 2.32 bits per heavy atom. The molecule has 5 nitrogen and oxygen atoms in total. The molecule has 0 bridgehead atoms. The lowest BCUT2D eigenvalue weighted by molar-refractivity contribution is -0.114. The van der Waals surface area contributed by atoms with Crippen molar-refractivity contribution >= 4 is 21.6 Å². The van der Waals surface area contributed by atoms with Crippen molar-refractivity contribution in [1.29, 1.82) is 0 Å². The molecule has 1 aromatic carbocycles. The average molecular weight is 324 g/mol. The first-order valence-electron chi connectivity index (χ1n) is 7.73. The fraction of sp³-hybridized carbons (Fsp3) is 0.562. The van der Waals surface area contributed by atoms with Crippen LogP contribution >= 0.6 is 0 Å². The zero-order valence-electron chi connectivity index (χ0n) is 13.2. The molecule has 1 N–H and O–H groups in total. The summed E-state index contributed by atoms with van der Waals surface area (Å²) in [6.45, 7) is 2.00. The minimum Gasteiger partial charge on any atom is -0.326 e. The number of sulfonamides is 1. The summed E-state index contributed by atoms with van der Waals surface area (Å²) in [4.78, 5) is 11.3. The zero-order valence-corrected chi connectivity index (χ0v) is 14.0. The second-order valence-electron chi connectivity index (χ2n) is 6.00. The summed E-state index contributed by atoms with van der Waals surface area (Å²) in [5, 5.41) is 2.63. The molecule has 1 amide bonds. The summed E-state index contributed by atoms with van der Waals surface area (Å²) in [6.07, 6.45) is 5.88. The van der Waals surface area contributed by atoms with Crippen molar-refractivity contribution in [3.63, 3.8) is 0 Å². The molecule has 1 saturated carbocycles. The number of hydrogen-bond donors (Lipinski definition) is 1. The van der Waals surface area contributed by atoms with Crippen LogP contribution in [0.2, 0.25) is 0 Å². The van der Waals surface area contributed by atoms with Crippen LogP contribution in [0.3, 0.4) is 0 Å². The fourth-order valence-corrected chi connectivity index (χ4v) is 4.17. The predicted octanol–water partition coefficient (Wildman–Crippen LogP) is 2.85. The van der Waals surface area contributed by atoms with Gasteiger partial charge < -0.3 is 5.32 Å². The second-order valence-corrected chi connectivity index (χ2v) is 8.04. The Bertz CT molecular complexity index is 605. The summed E-state index contributed by atoms with van der Waals surface area (Å²) >= 11 is 0. The van der Waals surface area contributed by atoms with Crippen molar-refractivity contribution in [3.05, 3.63) is 24.3 Å². The molecule has 122 valence electrons. The quantitative estimate of drug-likeness (QED) is 0.905. The summed E-state index contributed by atoms with van der Waals surface area (Å²) in [5.74, 6) is 0.289. The Balaban J connectivity index is 2.06. The van der Waals surface area contributed by atoms with Crippen molar-refractivity contribution in [2.75, 3.05) is 18.9 Å². The molecule has 2 rings (SSSR count). The molecule has 1 fully saturated rings. The lowest BCUT2D eigenvalue weighted by atomic mass is 9.89. The molecule has 0 atom stereocenters. The van der Waals surface area contributed by atoms with Gasteiger partial charge in [-0.25, -0.2) is 12.7 Å². The third-order valence-corrected chi connectivity index (χ3v) is 5.96. The molecular weight excluding hydrogens is 300 g/mol. The number of anilines is 1. The molecule has 1 aliphatic carbocycles. The van der Waals surface area contributed by atoms with Crippen molar-refractivity contribution in [2.45, 2.75) is 43.9 Å². The van der Waals surface area contributed by atoms with E-state index in [0.29, 0.717) is 18.2 Å². The van der Waals surface area contributed by atoms with Crippen LogP contribution < -0.4 is 5.32 Å². The molecule has 1 aromatic rings. The van der Waals surface area contributed by atoms with Crippen LogP contribution in [0.1, 0.15) is 39.0 Å². The van der Waals surface area contributed by atoms with Crippen molar-refractivity contribution in [3.8, 4) is 0 Å². The van der Waals surface area contributed by atoms with Gasteiger partial charge >= 0.3 is 0 Å². The zero-order chi connectivity index (χ0) is 16.2. The molecule has 0 aromatic heterocycles. The van der Waals surface area contributed by atoms with E-state index in [1.165, 1.54) is 42.6 Å². The Morgan fingerprint density at radius 1 is 1.18 bits per heavy atom. The lowest BCUT2D eigenvalue weighted by Gasteiger charge is -2.26. The lowest BCUT2D eigenvalue weighted by Crippen LogP contribution is -2.32. The fourth-order valence-electron chi connectivity index (χ4n) is 2.92. The molecule has 0 radical (unpaired) electrons. The molecule has 0 heterocycles. The van der Waals surface area contributed by atoms with Crippen molar-refractivity contribution < 1.29 is 13.2 Å². The highest BCUT2D eigenvalue weighted by Gasteiger charge is 2.24. The Labute approximate surface area is 132 Å². The van der Waals surface area contributed by atoms with Gasteiger partial charge in [0.1, 0.15) is 0 Å². The first-order valence-corrected chi connectivity index (χ1v) is 9.17. The van der Waals surface area contributed by atoms with Crippen LogP contribution in [-0.4, -0.2) is 32.2 Å². The third-order valence-electron chi connectivity index (χ3n) is 4.12. The number of benzene rings is 1. The number of carbonyl (C=O) groups excluding carboxylic acids is 1. The summed E-state index contributed by atoms with van der Waals surface area (Å²) in [5.41, 5.74) is 0.599. The van der Waals surface area contributed by atoms with Gasteiger partial charge in [0.15, 0.2) is 0 Å². The summed E-state index contributed by atoms with van der Waals surface area (Å²) < 4.78 is 26.6. The SMILES string of the molecule is CC(=O)Nc1ccc(S(=O)(=O)N(C)CC2CCCCC2)cc1. The van der Waals surface area contributed by atoms with E-state index in [-0.39, 0.29) is 10.8 Å². The van der Waals surface area contributed by atoms with Crippen LogP contribution in [0.4, 0.5) is 5.69 Å². The monoisotopic (exact) mass is 324 g/mol. The summed E-state index contributed by atoms with van der Waals surface area (Å²) in [7, 11) is -1.82. The van der Waals surface area contributed by atoms with Gasteiger partial charge in [0.2, 0.25) is 15.9 Å². The maximum atomic E-state index is 12.6. The van der Waals surface area contributed by atoms with Crippen LogP contribution in [0.25, 0.3) is 0 Å². The first-order chi connectivity index (χ1) is 10.4. The van der Waals surface area contributed by atoms with Gasteiger partial charge in [-0.1, -0.05) is 19.3 Å². The van der Waals surface area contributed by atoms with E-state index in [0.717, 1.165) is 12.8 Å². The molecule has 0 spiro atoms. The molecule has 0 aliphatic heterocycles. The van der Waals surface area contributed by atoms with Gasteiger partial charge in [-0.2, -0.15) is 0 Å². The molecule has 0 unspecified atom stereocenters. The molecule has 22 heavy (non-hydrogen) atoms. The van der Waals surface area contributed by atoms with E-state index >= 15 is 0 Å². The highest BCUT2D eigenvalue weighted by molar-refractivity contribution is 7.89. The van der Waals surface area contributed by atoms with E-state index < -0.39 is 10.0 Å². The van der Waals surface area contributed by atoms with E-state index in [2.05, 4.69) is 5.32 Å². The van der Waals surface area contributed by atoms with Crippen LogP contribution in [0.15, 0.2) is 29.2 Å². The van der Waals surface area contributed by atoms with Gasteiger partial charge in [-0.05, 0) is 43.0 Å². The van der Waals surface area contributed by atoms with Crippen LogP contribution in [-0.2, 0) is 14.8 Å². The number of nitrogens with zero attached hydrogens (tertiary/aromatic N) is 1. The van der Waals surface area contributed by atoms with E-state index in [9.17, 15) is 13.2 Å². The van der Waals surface area contributed by atoms with Crippen LogP contribution in [0, 0.1) is 5.92 Å². The number of amides is 1. The predicted molar refractivity (Wildman–Crippen MR) is 87.1 cm³/mol. The second kappa shape index (κ2) is 7.24. The van der Waals surface area contributed by atoms with E-state index in [4.69, 9.17) is 0 Å². The van der Waals surface area contributed by atoms with Gasteiger partial charge in [-0.3, -0.25) is 4.79 Å². The van der Waals surface area contributed by atoms with Gasteiger partial charge in [0.05, 0.1) is 4.90 Å². The highest BCUT2D eigenvalue weighted by Crippen LogP contribution is 2.26. The molecule has 0 saturated heterocycles. The Kier molecular flexibility index (Phi) is 5.58. The smallest absolute Gasteiger partial charge is 0.242 e. The van der Waals surface area contributed by atoms with Crippen molar-refractivity contribution in [1.82, 2.24) is 4.31 Å². The number of nitrogens with one attached hydrogen (secondary N) is 1. The van der Waals surface area contributed by atoms with E-state index in [1.54, 1.807) is 19.2 Å². The van der Waals surface area contributed by atoms with Crippen LogP contribution in [0.5, 0.6) is 0 Å². The standard InChI is InChI=1S/C16H24N2O3S/c1-13(19)17-15-8-10-16(11-9-15)22(20,21)18(2)12-14-6-4-3-5-7-14/h8-11,14H,3-7,12H2,1-2H3,(H,17,19). The highest BCUT2D eigenvalue weighted by atomic mass is 32.2. The largest absolute Gasteiger partial charge is 0.326 e. The molecule has 1 aliphatic rings. The van der Waals surface area contributed by atoms with Gasteiger partial charge in [0.25, 0.3) is 0 Å². The van der Waals surface area contributed by atoms with E-state index in [1.807, 2.05) is 0 Å². The normalized spacial score (nSPS) is 16.7. The maximum absolute atomic E-state index is 12.6. The van der Waals surface area contributed by atoms with Gasteiger partial charge in [-0.15, -0.1) is 0 Å². The number of carbonyl (C=O) groups is 1. The van der Waals surface area contributed by atoms with Gasteiger partial charge in [0, 0.05) is 26.2 Å². The molecule has 6 heteroatoms. The van der Waals surface area contributed by atoms with Crippen molar-refractivity contribution in [2.24, 2.45) is 5.92 Å². The third kappa shape index (κ3) is 4.30. The molecular formula is C16H24N2O3S. The first kappa shape index (κ1) is 17.0.